The molecule has 5 heteroatoms. The van der Waals surface area contributed by atoms with Gasteiger partial charge in [-0.2, -0.15) is 0 Å². The summed E-state index contributed by atoms with van der Waals surface area (Å²) in [5.41, 5.74) is 2.60. The molecule has 3 aromatic rings. The van der Waals surface area contributed by atoms with E-state index in [2.05, 4.69) is 21.2 Å². The molecule has 0 unspecified atom stereocenters. The summed E-state index contributed by atoms with van der Waals surface area (Å²) in [5, 5.41) is 3.69. The third-order valence-corrected chi connectivity index (χ3v) is 4.36. The Morgan fingerprint density at radius 1 is 1.17 bits per heavy atom. The predicted molar refractivity (Wildman–Crippen MR) is 97.7 cm³/mol. The first-order valence-electron chi connectivity index (χ1n) is 7.63. The smallest absolute Gasteiger partial charge is 0.291 e. The van der Waals surface area contributed by atoms with Crippen LogP contribution < -0.4 is 5.32 Å². The van der Waals surface area contributed by atoms with E-state index in [1.165, 1.54) is 0 Å². The van der Waals surface area contributed by atoms with Gasteiger partial charge >= 0.3 is 0 Å². The molecule has 3 rings (SSSR count). The van der Waals surface area contributed by atoms with Gasteiger partial charge in [0.2, 0.25) is 0 Å². The van der Waals surface area contributed by atoms with Gasteiger partial charge in [0.25, 0.3) is 5.91 Å². The maximum absolute atomic E-state index is 12.5. The minimum Gasteiger partial charge on any atom is -0.451 e. The summed E-state index contributed by atoms with van der Waals surface area (Å²) in [7, 11) is 0. The molecule has 24 heavy (non-hydrogen) atoms. The number of amides is 1. The maximum Gasteiger partial charge on any atom is 0.291 e. The van der Waals surface area contributed by atoms with Crippen LogP contribution >= 0.6 is 15.9 Å². The summed E-state index contributed by atoms with van der Waals surface area (Å²) < 4.78 is 6.61. The highest BCUT2D eigenvalue weighted by Crippen LogP contribution is 2.28. The molecule has 0 saturated carbocycles. The third kappa shape index (κ3) is 3.12. The van der Waals surface area contributed by atoms with E-state index >= 15 is 0 Å². The average Bonchev–Trinajstić information content (AvgIpc) is 2.91. The second-order valence-electron chi connectivity index (χ2n) is 5.51. The highest BCUT2D eigenvalue weighted by atomic mass is 79.9. The molecule has 122 valence electrons. The van der Waals surface area contributed by atoms with Gasteiger partial charge < -0.3 is 9.73 Å². The van der Waals surface area contributed by atoms with Gasteiger partial charge in [0.1, 0.15) is 5.58 Å². The lowest BCUT2D eigenvalue weighted by molar-refractivity contribution is 0.0982. The fourth-order valence-corrected chi connectivity index (χ4v) is 2.93. The van der Waals surface area contributed by atoms with E-state index < -0.39 is 0 Å². The van der Waals surface area contributed by atoms with E-state index in [4.69, 9.17) is 4.42 Å². The van der Waals surface area contributed by atoms with E-state index in [9.17, 15) is 9.59 Å². The highest BCUT2D eigenvalue weighted by Gasteiger charge is 2.18. The van der Waals surface area contributed by atoms with Crippen LogP contribution in [0.15, 0.2) is 51.4 Å². The largest absolute Gasteiger partial charge is 0.451 e. The maximum atomic E-state index is 12.5. The van der Waals surface area contributed by atoms with E-state index in [1.54, 1.807) is 24.3 Å². The lowest BCUT2D eigenvalue weighted by Gasteiger charge is -2.06. The molecule has 0 atom stereocenters. The first kappa shape index (κ1) is 16.5. The number of anilines is 1. The Morgan fingerprint density at radius 3 is 2.71 bits per heavy atom. The van der Waals surface area contributed by atoms with Crippen LogP contribution in [-0.2, 0) is 0 Å². The molecular weight excluding hydrogens is 370 g/mol. The molecule has 0 saturated heterocycles. The van der Waals surface area contributed by atoms with Crippen molar-refractivity contribution >= 4 is 44.3 Å². The first-order valence-corrected chi connectivity index (χ1v) is 8.42. The number of hydrogen-bond donors (Lipinski definition) is 1. The summed E-state index contributed by atoms with van der Waals surface area (Å²) in [5.74, 6) is -0.0212. The molecule has 0 aliphatic carbocycles. The standard InChI is InChI=1S/C19H16BrNO3/c1-3-16(22)12-5-4-6-14(9-12)21-19(23)18-11(2)15-10-13(20)7-8-17(15)24-18/h4-10H,3H2,1-2H3,(H,21,23). The van der Waals surface area contributed by atoms with Gasteiger partial charge in [-0.1, -0.05) is 35.0 Å². The van der Waals surface area contributed by atoms with Crippen molar-refractivity contribution in [3.05, 3.63) is 63.8 Å². The molecule has 0 bridgehead atoms. The number of ketones is 1. The zero-order valence-corrected chi connectivity index (χ0v) is 14.9. The Kier molecular flexibility index (Phi) is 4.53. The lowest BCUT2D eigenvalue weighted by Crippen LogP contribution is -2.12. The number of furan rings is 1. The fraction of sp³-hybridized carbons (Fsp3) is 0.158. The van der Waals surface area contributed by atoms with Gasteiger partial charge in [-0.05, 0) is 37.3 Å². The Balaban J connectivity index is 1.90. The van der Waals surface area contributed by atoms with Crippen LogP contribution in [-0.4, -0.2) is 11.7 Å². The molecule has 1 heterocycles. The summed E-state index contributed by atoms with van der Waals surface area (Å²) >= 11 is 3.42. The molecule has 1 aromatic heterocycles. The van der Waals surface area contributed by atoms with Gasteiger partial charge in [-0.15, -0.1) is 0 Å². The van der Waals surface area contributed by atoms with Crippen molar-refractivity contribution < 1.29 is 14.0 Å². The average molecular weight is 386 g/mol. The van der Waals surface area contributed by atoms with E-state index in [0.29, 0.717) is 23.3 Å². The van der Waals surface area contributed by atoms with Crippen LogP contribution in [0.4, 0.5) is 5.69 Å². The predicted octanol–water partition coefficient (Wildman–Crippen LogP) is 5.35. The SMILES string of the molecule is CCC(=O)c1cccc(NC(=O)c2oc3ccc(Br)cc3c2C)c1. The highest BCUT2D eigenvalue weighted by molar-refractivity contribution is 9.10. The van der Waals surface area contributed by atoms with Crippen molar-refractivity contribution in [2.75, 3.05) is 5.32 Å². The van der Waals surface area contributed by atoms with Crippen LogP contribution in [0.3, 0.4) is 0 Å². The van der Waals surface area contributed by atoms with Gasteiger partial charge in [-0.25, -0.2) is 0 Å². The second kappa shape index (κ2) is 6.61. The number of halogens is 1. The van der Waals surface area contributed by atoms with Gasteiger partial charge in [0, 0.05) is 33.1 Å². The molecule has 0 aliphatic heterocycles. The number of carbonyl (C=O) groups is 2. The van der Waals surface area contributed by atoms with Crippen LogP contribution in [0.2, 0.25) is 0 Å². The Morgan fingerprint density at radius 2 is 1.96 bits per heavy atom. The zero-order chi connectivity index (χ0) is 17.3. The summed E-state index contributed by atoms with van der Waals surface area (Å²) in [6.07, 6.45) is 0.426. The minimum atomic E-state index is -0.332. The molecule has 1 amide bonds. The van der Waals surface area contributed by atoms with Crippen LogP contribution in [0.25, 0.3) is 11.0 Å². The van der Waals surface area contributed by atoms with Crippen LogP contribution in [0, 0.1) is 6.92 Å². The number of carbonyl (C=O) groups excluding carboxylic acids is 2. The summed E-state index contributed by atoms with van der Waals surface area (Å²) in [6, 6.07) is 12.5. The monoisotopic (exact) mass is 385 g/mol. The number of Topliss-reactive ketones (excluding diaryl/α,β-unsaturated/α-hetero) is 1. The molecular formula is C19H16BrNO3. The van der Waals surface area contributed by atoms with Gasteiger partial charge in [-0.3, -0.25) is 9.59 Å². The van der Waals surface area contributed by atoms with Gasteiger partial charge in [0.05, 0.1) is 0 Å². The second-order valence-corrected chi connectivity index (χ2v) is 6.42. The van der Waals surface area contributed by atoms with E-state index in [-0.39, 0.29) is 17.5 Å². The number of fused-ring (bicyclic) bond motifs is 1. The number of rotatable bonds is 4. The van der Waals surface area contributed by atoms with Crippen LogP contribution in [0.5, 0.6) is 0 Å². The lowest BCUT2D eigenvalue weighted by atomic mass is 10.1. The number of nitrogens with one attached hydrogen (secondary N) is 1. The molecule has 0 spiro atoms. The number of hydrogen-bond acceptors (Lipinski definition) is 3. The fourth-order valence-electron chi connectivity index (χ4n) is 2.57. The quantitative estimate of drug-likeness (QED) is 0.615. The zero-order valence-electron chi connectivity index (χ0n) is 13.4. The molecule has 1 N–H and O–H groups in total. The molecule has 2 aromatic carbocycles. The Hall–Kier alpha value is -2.40. The summed E-state index contributed by atoms with van der Waals surface area (Å²) in [4.78, 5) is 24.3. The minimum absolute atomic E-state index is 0.0378. The van der Waals surface area contributed by atoms with Crippen molar-refractivity contribution in [1.29, 1.82) is 0 Å². The van der Waals surface area contributed by atoms with Crippen molar-refractivity contribution in [2.24, 2.45) is 0 Å². The topological polar surface area (TPSA) is 59.3 Å². The van der Waals surface area contributed by atoms with E-state index in [1.807, 2.05) is 32.0 Å². The van der Waals surface area contributed by atoms with Crippen molar-refractivity contribution in [1.82, 2.24) is 0 Å². The molecule has 0 radical (unpaired) electrons. The van der Waals surface area contributed by atoms with Crippen molar-refractivity contribution in [3.63, 3.8) is 0 Å². The van der Waals surface area contributed by atoms with Crippen molar-refractivity contribution in [3.8, 4) is 0 Å². The van der Waals surface area contributed by atoms with E-state index in [0.717, 1.165) is 15.4 Å². The molecule has 4 nitrogen and oxygen atoms in total. The summed E-state index contributed by atoms with van der Waals surface area (Å²) in [6.45, 7) is 3.66. The van der Waals surface area contributed by atoms with Crippen LogP contribution in [0.1, 0.15) is 39.8 Å². The first-order chi connectivity index (χ1) is 11.5. The Labute approximate surface area is 148 Å². The van der Waals surface area contributed by atoms with Crippen molar-refractivity contribution in [2.45, 2.75) is 20.3 Å². The van der Waals surface area contributed by atoms with Gasteiger partial charge in [0.15, 0.2) is 11.5 Å². The normalized spacial score (nSPS) is 10.8. The third-order valence-electron chi connectivity index (χ3n) is 3.87. The Bertz CT molecular complexity index is 943. The molecule has 0 aliphatic rings. The number of aryl methyl sites for hydroxylation is 1. The molecule has 0 fully saturated rings. The number of benzene rings is 2.